The fourth-order valence-electron chi connectivity index (χ4n) is 5.28. The summed E-state index contributed by atoms with van der Waals surface area (Å²) in [5, 5.41) is 21.4. The molecule has 8 nitrogen and oxygen atoms in total. The molecule has 0 spiro atoms. The lowest BCUT2D eigenvalue weighted by Crippen LogP contribution is -2.51. The van der Waals surface area contributed by atoms with E-state index in [9.17, 15) is 19.8 Å². The van der Waals surface area contributed by atoms with Crippen molar-refractivity contribution in [1.29, 1.82) is 0 Å². The van der Waals surface area contributed by atoms with Gasteiger partial charge in [-0.1, -0.05) is 84.9 Å². The zero-order valence-electron chi connectivity index (χ0n) is 24.6. The lowest BCUT2D eigenvalue weighted by molar-refractivity contribution is 0.0239. The van der Waals surface area contributed by atoms with Gasteiger partial charge >= 0.3 is 0 Å². The fourth-order valence-corrected chi connectivity index (χ4v) is 5.28. The minimum atomic E-state index is -0.723. The van der Waals surface area contributed by atoms with Gasteiger partial charge in [0, 0.05) is 50.4 Å². The number of aliphatic hydroxyl groups excluding tert-OH is 2. The SMILES string of the molecule is O=C(c1ccccc1)c1ccccc1OC[C@@H](O)CN1CCN(C[C@@H](O)COc2ccccc2C(=O)c2ccccc2)CC1. The van der Waals surface area contributed by atoms with Crippen LogP contribution in [0.25, 0.3) is 0 Å². The van der Waals surface area contributed by atoms with E-state index in [0.717, 1.165) is 26.2 Å². The molecule has 8 heteroatoms. The standard InChI is InChI=1S/C36H38N2O6/c39-29(25-43-33-17-9-7-15-31(33)35(41)27-11-3-1-4-12-27)23-37-19-21-38(22-20-37)24-30(40)26-44-34-18-10-8-16-32(34)36(42)28-13-5-2-6-14-28/h1-18,29-30,39-40H,19-26H2/t29-,30+. The Labute approximate surface area is 258 Å². The topological polar surface area (TPSA) is 99.5 Å². The average Bonchev–Trinajstić information content (AvgIpc) is 3.07. The van der Waals surface area contributed by atoms with Crippen LogP contribution in [-0.2, 0) is 0 Å². The summed E-state index contributed by atoms with van der Waals surface area (Å²) in [5.41, 5.74) is 2.10. The zero-order chi connectivity index (χ0) is 30.7. The van der Waals surface area contributed by atoms with Crippen molar-refractivity contribution in [3.63, 3.8) is 0 Å². The van der Waals surface area contributed by atoms with E-state index in [0.29, 0.717) is 46.8 Å². The normalized spacial score (nSPS) is 15.3. The highest BCUT2D eigenvalue weighted by Gasteiger charge is 2.23. The van der Waals surface area contributed by atoms with E-state index < -0.39 is 12.2 Å². The van der Waals surface area contributed by atoms with Gasteiger partial charge in [0.25, 0.3) is 0 Å². The van der Waals surface area contributed by atoms with Gasteiger partial charge in [-0.3, -0.25) is 19.4 Å². The number of ketones is 2. The Bertz CT molecular complexity index is 1390. The molecular formula is C36H38N2O6. The van der Waals surface area contributed by atoms with Crippen molar-refractivity contribution in [3.8, 4) is 11.5 Å². The summed E-state index contributed by atoms with van der Waals surface area (Å²) in [6.07, 6.45) is -1.45. The van der Waals surface area contributed by atoms with E-state index in [-0.39, 0.29) is 24.8 Å². The first-order chi connectivity index (χ1) is 21.5. The maximum Gasteiger partial charge on any atom is 0.196 e. The third-order valence-corrected chi connectivity index (χ3v) is 7.60. The highest BCUT2D eigenvalue weighted by atomic mass is 16.5. The molecule has 0 aliphatic carbocycles. The van der Waals surface area contributed by atoms with Crippen LogP contribution in [-0.4, -0.2) is 96.3 Å². The van der Waals surface area contributed by atoms with E-state index >= 15 is 0 Å². The molecule has 1 aliphatic rings. The van der Waals surface area contributed by atoms with Crippen molar-refractivity contribution in [2.45, 2.75) is 12.2 Å². The van der Waals surface area contributed by atoms with Crippen LogP contribution < -0.4 is 9.47 Å². The summed E-state index contributed by atoms with van der Waals surface area (Å²) in [6.45, 7) is 3.99. The number of hydrogen-bond acceptors (Lipinski definition) is 8. The minimum Gasteiger partial charge on any atom is -0.490 e. The Hall–Kier alpha value is -4.34. The van der Waals surface area contributed by atoms with Crippen molar-refractivity contribution < 1.29 is 29.3 Å². The minimum absolute atomic E-state index is 0.0730. The van der Waals surface area contributed by atoms with E-state index in [1.807, 2.05) is 48.5 Å². The van der Waals surface area contributed by atoms with E-state index in [2.05, 4.69) is 9.80 Å². The molecule has 1 saturated heterocycles. The molecule has 1 fully saturated rings. The summed E-state index contributed by atoms with van der Waals surface area (Å²) >= 11 is 0. The van der Waals surface area contributed by atoms with Crippen LogP contribution in [0, 0.1) is 0 Å². The smallest absolute Gasteiger partial charge is 0.196 e. The Balaban J connectivity index is 1.04. The lowest BCUT2D eigenvalue weighted by atomic mass is 10.0. The van der Waals surface area contributed by atoms with Gasteiger partial charge in [0.05, 0.1) is 11.1 Å². The molecule has 0 unspecified atom stereocenters. The predicted molar refractivity (Wildman–Crippen MR) is 169 cm³/mol. The van der Waals surface area contributed by atoms with Crippen LogP contribution in [0.4, 0.5) is 0 Å². The molecule has 2 N–H and O–H groups in total. The van der Waals surface area contributed by atoms with Gasteiger partial charge in [-0.25, -0.2) is 0 Å². The molecule has 44 heavy (non-hydrogen) atoms. The second-order valence-electron chi connectivity index (χ2n) is 10.9. The summed E-state index contributed by atoms with van der Waals surface area (Å²) in [4.78, 5) is 30.2. The highest BCUT2D eigenvalue weighted by molar-refractivity contribution is 6.11. The quantitative estimate of drug-likeness (QED) is 0.212. The van der Waals surface area contributed by atoms with E-state index in [1.165, 1.54) is 0 Å². The van der Waals surface area contributed by atoms with E-state index in [4.69, 9.17) is 9.47 Å². The zero-order valence-corrected chi connectivity index (χ0v) is 24.6. The van der Waals surface area contributed by atoms with Crippen LogP contribution in [0.2, 0.25) is 0 Å². The van der Waals surface area contributed by atoms with E-state index in [1.54, 1.807) is 60.7 Å². The molecule has 228 valence electrons. The Morgan fingerprint density at radius 1 is 0.545 bits per heavy atom. The van der Waals surface area contributed by atoms with Crippen molar-refractivity contribution in [2.24, 2.45) is 0 Å². The van der Waals surface area contributed by atoms with Crippen molar-refractivity contribution in [3.05, 3.63) is 131 Å². The van der Waals surface area contributed by atoms with Crippen molar-refractivity contribution >= 4 is 11.6 Å². The van der Waals surface area contributed by atoms with Gasteiger partial charge in [-0.15, -0.1) is 0 Å². The van der Waals surface area contributed by atoms with Gasteiger partial charge in [0.1, 0.15) is 36.9 Å². The largest absolute Gasteiger partial charge is 0.490 e. The summed E-state index contributed by atoms with van der Waals surface area (Å²) in [7, 11) is 0. The summed E-state index contributed by atoms with van der Waals surface area (Å²) in [5.74, 6) is 0.663. The van der Waals surface area contributed by atoms with Gasteiger partial charge in [0.2, 0.25) is 0 Å². The number of ether oxygens (including phenoxy) is 2. The summed E-state index contributed by atoms with van der Waals surface area (Å²) in [6, 6.07) is 32.3. The number of benzene rings is 4. The molecule has 0 saturated carbocycles. The predicted octanol–water partition coefficient (Wildman–Crippen LogP) is 3.95. The first-order valence-corrected chi connectivity index (χ1v) is 14.9. The van der Waals surface area contributed by atoms with Crippen LogP contribution >= 0.6 is 0 Å². The van der Waals surface area contributed by atoms with Gasteiger partial charge < -0.3 is 19.7 Å². The second kappa shape index (κ2) is 15.4. The first-order valence-electron chi connectivity index (χ1n) is 14.9. The molecule has 0 aromatic heterocycles. The van der Waals surface area contributed by atoms with Crippen molar-refractivity contribution in [1.82, 2.24) is 9.80 Å². The summed E-state index contributed by atoms with van der Waals surface area (Å²) < 4.78 is 11.8. The molecule has 1 aliphatic heterocycles. The van der Waals surface area contributed by atoms with Gasteiger partial charge in [-0.05, 0) is 24.3 Å². The lowest BCUT2D eigenvalue weighted by Gasteiger charge is -2.36. The Morgan fingerprint density at radius 3 is 1.27 bits per heavy atom. The molecule has 2 atom stereocenters. The highest BCUT2D eigenvalue weighted by Crippen LogP contribution is 2.23. The molecule has 1 heterocycles. The maximum atomic E-state index is 12.9. The third-order valence-electron chi connectivity index (χ3n) is 7.60. The van der Waals surface area contributed by atoms with Crippen LogP contribution in [0.1, 0.15) is 31.8 Å². The van der Waals surface area contributed by atoms with Crippen LogP contribution in [0.15, 0.2) is 109 Å². The molecule has 0 amide bonds. The number of aliphatic hydroxyl groups is 2. The van der Waals surface area contributed by atoms with Gasteiger partial charge in [-0.2, -0.15) is 0 Å². The Kier molecular flexibility index (Phi) is 10.9. The number of carbonyl (C=O) groups is 2. The maximum absolute atomic E-state index is 12.9. The van der Waals surface area contributed by atoms with Crippen LogP contribution in [0.3, 0.4) is 0 Å². The average molecular weight is 595 g/mol. The number of nitrogens with zero attached hydrogens (tertiary/aromatic N) is 2. The molecule has 4 aromatic rings. The number of β-amino-alcohol motifs (C(OH)–C–C–N with tert-alkyl or cyclic N) is 2. The second-order valence-corrected chi connectivity index (χ2v) is 10.9. The monoisotopic (exact) mass is 594 g/mol. The molecule has 4 aromatic carbocycles. The fraction of sp³-hybridized carbons (Fsp3) is 0.278. The van der Waals surface area contributed by atoms with Crippen LogP contribution in [0.5, 0.6) is 11.5 Å². The number of hydrogen-bond donors (Lipinski definition) is 2. The number of rotatable bonds is 14. The molecular weight excluding hydrogens is 556 g/mol. The molecule has 0 bridgehead atoms. The van der Waals surface area contributed by atoms with Crippen molar-refractivity contribution in [2.75, 3.05) is 52.5 Å². The number of carbonyl (C=O) groups excluding carboxylic acids is 2. The number of para-hydroxylation sites is 2. The van der Waals surface area contributed by atoms with Gasteiger partial charge in [0.15, 0.2) is 11.6 Å². The molecule has 5 rings (SSSR count). The molecule has 0 radical (unpaired) electrons. The third kappa shape index (κ3) is 8.39. The number of piperazine rings is 1. The Morgan fingerprint density at radius 2 is 0.886 bits per heavy atom. The first kappa shape index (κ1) is 31.1.